The number of hydrogen-bond acceptors (Lipinski definition) is 18. The molecule has 19 nitrogen and oxygen atoms in total. The Kier molecular flexibility index (Phi) is 42.1. The molecule has 3 rings (SSSR count). The van der Waals surface area contributed by atoms with Crippen LogP contribution in [0.25, 0.3) is 0 Å². The van der Waals surface area contributed by atoms with Crippen LogP contribution in [0, 0.1) is 0 Å². The van der Waals surface area contributed by atoms with Gasteiger partial charge in [0.1, 0.15) is 73.2 Å². The third kappa shape index (κ3) is 30.3. The van der Waals surface area contributed by atoms with Crippen LogP contribution >= 0.6 is 0 Å². The second-order valence-electron chi connectivity index (χ2n) is 21.4. The molecule has 3 heterocycles. The predicted molar refractivity (Wildman–Crippen MR) is 332 cm³/mol. The Hall–Kier alpha value is -4.33. The van der Waals surface area contributed by atoms with Gasteiger partial charge in [-0.1, -0.05) is 173 Å². The van der Waals surface area contributed by atoms with E-state index in [2.05, 4.69) is 141 Å². The molecule has 3 saturated heterocycles. The molecule has 86 heavy (non-hydrogen) atoms. The first-order valence-electron chi connectivity index (χ1n) is 31.1. The van der Waals surface area contributed by atoms with Gasteiger partial charge in [-0.15, -0.1) is 0 Å². The van der Waals surface area contributed by atoms with E-state index in [-0.39, 0.29) is 12.3 Å². The Labute approximate surface area is 511 Å². The van der Waals surface area contributed by atoms with Crippen molar-refractivity contribution in [2.45, 2.75) is 240 Å². The molecule has 0 aromatic rings. The fourth-order valence-corrected chi connectivity index (χ4v) is 9.27. The lowest BCUT2D eigenvalue weighted by molar-refractivity contribution is -0.379. The van der Waals surface area contributed by atoms with Crippen LogP contribution in [0.1, 0.15) is 136 Å². The summed E-state index contributed by atoms with van der Waals surface area (Å²) in [6, 6.07) is -1.04. The number of amides is 1. The van der Waals surface area contributed by atoms with Crippen LogP contribution in [-0.2, 0) is 33.2 Å². The van der Waals surface area contributed by atoms with E-state index in [1.807, 2.05) is 12.2 Å². The van der Waals surface area contributed by atoms with Gasteiger partial charge >= 0.3 is 0 Å². The Bertz CT molecular complexity index is 2130. The first-order chi connectivity index (χ1) is 41.8. The Morgan fingerprint density at radius 2 is 0.791 bits per heavy atom. The highest BCUT2D eigenvalue weighted by molar-refractivity contribution is 5.76. The molecule has 0 aromatic heterocycles. The van der Waals surface area contributed by atoms with Gasteiger partial charge in [0.2, 0.25) is 5.91 Å². The molecule has 12 N–H and O–H groups in total. The normalized spacial score (nSPS) is 29.8. The van der Waals surface area contributed by atoms with E-state index in [0.29, 0.717) is 19.3 Å². The van der Waals surface area contributed by atoms with Crippen molar-refractivity contribution in [3.8, 4) is 0 Å². The van der Waals surface area contributed by atoms with Crippen LogP contribution in [0.5, 0.6) is 0 Å². The van der Waals surface area contributed by atoms with E-state index in [1.165, 1.54) is 6.42 Å². The van der Waals surface area contributed by atoms with E-state index >= 15 is 0 Å². The zero-order chi connectivity index (χ0) is 62.6. The van der Waals surface area contributed by atoms with Gasteiger partial charge in [-0.2, -0.15) is 0 Å². The van der Waals surface area contributed by atoms with Gasteiger partial charge in [-0.3, -0.25) is 4.79 Å². The SMILES string of the molecule is CC/C=C\C/C=C\C/C=C\C/C=C\C/C=C\C/C=C\C/C=C\C/C=C\C/C=C\CCCC(=O)NC(COC1OC(CO)C(OC2OC(CO)C(OC3OC(CO)C(O)C(O)C3O)C(O)C2O)C(O)C1O)C(O)/C=C/CC/C=C/CC/C=C/CCCC. The van der Waals surface area contributed by atoms with Crippen molar-refractivity contribution in [3.05, 3.63) is 146 Å². The quantitative estimate of drug-likeness (QED) is 0.0231. The standard InChI is InChI=1S/C67H105NO18/c1-3-5-7-9-11-13-15-17-18-19-20-21-22-23-24-25-26-27-28-29-30-31-32-33-35-37-39-41-43-45-55(73)68-50(51(72)44-42-40-38-36-34-16-14-12-10-8-6-4-2)49-81-65-61(79)58(76)63(53(47-70)83-65)86-67-62(80)59(77)64(54(48-71)84-67)85-66-60(78)57(75)56(74)52(46-69)82-66/h5,7,10-13,17-18,20-21,23-24,26-27,29-30,32-34,36-37,39,42,44,50-54,56-67,69-72,74-80H,3-4,6,8-9,14-16,19,22,25,28,31,35,38,40-41,43,45-49H2,1-2H3,(H,68,73)/b7-5-,12-10+,13-11-,18-17-,21-20-,24-23-,27-26-,30-29-,33-32-,36-34+,39-37-,44-42+. The minimum absolute atomic E-state index is 0.141. The molecule has 3 aliphatic rings. The zero-order valence-electron chi connectivity index (χ0n) is 50.7. The molecule has 19 heteroatoms. The molecule has 0 bridgehead atoms. The summed E-state index contributed by atoms with van der Waals surface area (Å²) < 4.78 is 34.1. The molecule has 0 aromatic carbocycles. The first kappa shape index (κ1) is 75.9. The minimum Gasteiger partial charge on any atom is -0.394 e. The van der Waals surface area contributed by atoms with E-state index in [0.717, 1.165) is 89.9 Å². The predicted octanol–water partition coefficient (Wildman–Crippen LogP) is 6.42. The molecule has 0 saturated carbocycles. The van der Waals surface area contributed by atoms with Crippen molar-refractivity contribution in [3.63, 3.8) is 0 Å². The zero-order valence-corrected chi connectivity index (χ0v) is 50.7. The van der Waals surface area contributed by atoms with E-state index in [1.54, 1.807) is 12.2 Å². The summed E-state index contributed by atoms with van der Waals surface area (Å²) in [4.78, 5) is 13.3. The third-order valence-electron chi connectivity index (χ3n) is 14.3. The molecular formula is C67H105NO18. The van der Waals surface area contributed by atoms with E-state index < -0.39 is 131 Å². The lowest BCUT2D eigenvalue weighted by Gasteiger charge is -2.48. The maximum atomic E-state index is 13.3. The molecular weight excluding hydrogens is 1110 g/mol. The molecule has 0 aliphatic carbocycles. The summed E-state index contributed by atoms with van der Waals surface area (Å²) in [5.41, 5.74) is 0. The number of rotatable bonds is 43. The number of carbonyl (C=O) groups is 1. The molecule has 0 radical (unpaired) electrons. The van der Waals surface area contributed by atoms with Crippen molar-refractivity contribution < 1.29 is 89.4 Å². The smallest absolute Gasteiger partial charge is 0.220 e. The first-order valence-corrected chi connectivity index (χ1v) is 31.1. The Morgan fingerprint density at radius 1 is 0.430 bits per heavy atom. The van der Waals surface area contributed by atoms with E-state index in [4.69, 9.17) is 28.4 Å². The average Bonchev–Trinajstić information content (AvgIpc) is 2.62. The molecule has 3 fully saturated rings. The second-order valence-corrected chi connectivity index (χ2v) is 21.4. The third-order valence-corrected chi connectivity index (χ3v) is 14.3. The van der Waals surface area contributed by atoms with Crippen LogP contribution in [0.2, 0.25) is 0 Å². The summed E-state index contributed by atoms with van der Waals surface area (Å²) in [6.07, 6.45) is 39.9. The number of carbonyl (C=O) groups excluding carboxylic acids is 1. The van der Waals surface area contributed by atoms with Crippen LogP contribution in [0.15, 0.2) is 146 Å². The lowest BCUT2D eigenvalue weighted by Crippen LogP contribution is -2.66. The van der Waals surface area contributed by atoms with Gasteiger partial charge < -0.3 is 89.9 Å². The number of unbranched alkanes of at least 4 members (excludes halogenated alkanes) is 5. The molecule has 17 unspecified atom stereocenters. The highest BCUT2D eigenvalue weighted by Gasteiger charge is 2.53. The van der Waals surface area contributed by atoms with Gasteiger partial charge in [-0.25, -0.2) is 0 Å². The lowest BCUT2D eigenvalue weighted by atomic mass is 9.96. The number of ether oxygens (including phenoxy) is 6. The topological polar surface area (TPSA) is 307 Å². The Morgan fingerprint density at radius 3 is 1.23 bits per heavy atom. The van der Waals surface area contributed by atoms with Crippen LogP contribution < -0.4 is 5.32 Å². The summed E-state index contributed by atoms with van der Waals surface area (Å²) in [6.45, 7) is 1.44. The molecule has 3 aliphatic heterocycles. The molecule has 17 atom stereocenters. The number of hydrogen-bond donors (Lipinski definition) is 12. The van der Waals surface area contributed by atoms with E-state index in [9.17, 15) is 61.0 Å². The fourth-order valence-electron chi connectivity index (χ4n) is 9.27. The summed E-state index contributed by atoms with van der Waals surface area (Å²) in [5.74, 6) is -0.357. The van der Waals surface area contributed by atoms with Gasteiger partial charge in [-0.05, 0) is 103 Å². The van der Waals surface area contributed by atoms with Gasteiger partial charge in [0.25, 0.3) is 0 Å². The second kappa shape index (κ2) is 47.6. The maximum absolute atomic E-state index is 13.3. The minimum atomic E-state index is -2.00. The van der Waals surface area contributed by atoms with Crippen molar-refractivity contribution in [1.29, 1.82) is 0 Å². The van der Waals surface area contributed by atoms with Crippen molar-refractivity contribution in [2.24, 2.45) is 0 Å². The number of allylic oxidation sites excluding steroid dienone is 23. The van der Waals surface area contributed by atoms with Gasteiger partial charge in [0.15, 0.2) is 18.9 Å². The van der Waals surface area contributed by atoms with Crippen molar-refractivity contribution in [1.82, 2.24) is 5.32 Å². The number of aliphatic hydroxyl groups excluding tert-OH is 11. The fraction of sp³-hybridized carbons (Fsp3) is 0.627. The molecule has 486 valence electrons. The van der Waals surface area contributed by atoms with Crippen LogP contribution in [-0.4, -0.2) is 193 Å². The maximum Gasteiger partial charge on any atom is 0.220 e. The molecule has 1 amide bonds. The largest absolute Gasteiger partial charge is 0.394 e. The Balaban J connectivity index is 1.47. The van der Waals surface area contributed by atoms with Crippen LogP contribution in [0.3, 0.4) is 0 Å². The van der Waals surface area contributed by atoms with Crippen molar-refractivity contribution >= 4 is 5.91 Å². The molecule has 0 spiro atoms. The average molecular weight is 1210 g/mol. The summed E-state index contributed by atoms with van der Waals surface area (Å²) in [5, 5.41) is 120. The summed E-state index contributed by atoms with van der Waals surface area (Å²) in [7, 11) is 0. The highest BCUT2D eigenvalue weighted by Crippen LogP contribution is 2.33. The highest BCUT2D eigenvalue weighted by atomic mass is 16.8. The monoisotopic (exact) mass is 1210 g/mol. The number of nitrogens with one attached hydrogen (secondary N) is 1. The van der Waals surface area contributed by atoms with Crippen molar-refractivity contribution in [2.75, 3.05) is 26.4 Å². The van der Waals surface area contributed by atoms with Gasteiger partial charge in [0.05, 0.1) is 38.6 Å². The number of aliphatic hydroxyl groups is 11. The summed E-state index contributed by atoms with van der Waals surface area (Å²) >= 11 is 0. The van der Waals surface area contributed by atoms with Gasteiger partial charge in [0, 0.05) is 6.42 Å². The van der Waals surface area contributed by atoms with Crippen LogP contribution in [0.4, 0.5) is 0 Å².